The maximum absolute atomic E-state index is 12.8. The molecular weight excluding hydrogens is 330 g/mol. The topological polar surface area (TPSA) is 84.7 Å². The fourth-order valence-electron chi connectivity index (χ4n) is 2.73. The zero-order valence-electron chi connectivity index (χ0n) is 13.5. The van der Waals surface area contributed by atoms with Gasteiger partial charge in [-0.05, 0) is 18.1 Å². The van der Waals surface area contributed by atoms with Crippen molar-refractivity contribution in [2.75, 3.05) is 12.4 Å². The number of anilines is 1. The lowest BCUT2D eigenvalue weighted by atomic mass is 10.2. The van der Waals surface area contributed by atoms with E-state index >= 15 is 0 Å². The number of nitrogens with zero attached hydrogens (tertiary/aromatic N) is 3. The maximum Gasteiger partial charge on any atom is 0.333 e. The molecule has 2 N–H and O–H groups in total. The first-order chi connectivity index (χ1) is 11.6. The third-order valence-electron chi connectivity index (χ3n) is 3.91. The van der Waals surface area contributed by atoms with Crippen molar-refractivity contribution in [3.05, 3.63) is 55.7 Å². The molecule has 2 aromatic heterocycles. The number of aromatic nitrogens is 4. The number of rotatable bonds is 5. The molecule has 0 radical (unpaired) electrons. The van der Waals surface area contributed by atoms with Crippen LogP contribution in [0.4, 0.5) is 5.82 Å². The summed E-state index contributed by atoms with van der Waals surface area (Å²) in [5.41, 5.74) is 0.383. The van der Waals surface area contributed by atoms with Crippen LogP contribution in [-0.4, -0.2) is 26.4 Å². The molecule has 0 saturated carbocycles. The highest BCUT2D eigenvalue weighted by atomic mass is 35.5. The van der Waals surface area contributed by atoms with Gasteiger partial charge in [0.2, 0.25) is 0 Å². The van der Waals surface area contributed by atoms with Gasteiger partial charge >= 0.3 is 5.69 Å². The fraction of sp³-hybridized carbons (Fsp3) is 0.312. The van der Waals surface area contributed by atoms with Gasteiger partial charge in [-0.15, -0.1) is 0 Å². The molecule has 2 heterocycles. The molecule has 0 aliphatic carbocycles. The second-order valence-electron chi connectivity index (χ2n) is 5.46. The summed E-state index contributed by atoms with van der Waals surface area (Å²) in [5.74, 6) is 0.493. The Morgan fingerprint density at radius 3 is 2.67 bits per heavy atom. The molecule has 0 aliphatic rings. The number of hydrogen-bond donors (Lipinski definition) is 2. The van der Waals surface area contributed by atoms with Crippen LogP contribution >= 0.6 is 11.6 Å². The Balaban J connectivity index is 2.30. The predicted octanol–water partition coefficient (Wildman–Crippen LogP) is 2.04. The van der Waals surface area contributed by atoms with Gasteiger partial charge in [0.25, 0.3) is 5.56 Å². The minimum absolute atomic E-state index is 0.243. The SMILES string of the molecule is CCCn1c(=O)c2c(NC)[nH]nc2n(Cc2ccccc2Cl)c1=O. The molecule has 1 aromatic carbocycles. The van der Waals surface area contributed by atoms with Gasteiger partial charge in [0.15, 0.2) is 5.65 Å². The molecule has 0 fully saturated rings. The van der Waals surface area contributed by atoms with Crippen LogP contribution in [0.15, 0.2) is 33.9 Å². The lowest BCUT2D eigenvalue weighted by molar-refractivity contribution is 0.579. The Bertz CT molecular complexity index is 1000. The molecule has 3 rings (SSSR count). The maximum atomic E-state index is 12.8. The third kappa shape index (κ3) is 2.60. The number of H-pyrrole nitrogens is 1. The average molecular weight is 348 g/mol. The standard InChI is InChI=1S/C16H18ClN5O2/c1-3-8-21-15(23)12-13(18-2)19-20-14(12)22(16(21)24)9-10-6-4-5-7-11(10)17/h4-7H,3,8-9H2,1-2H3,(H2,18,19,20). The van der Waals surface area contributed by atoms with Crippen LogP contribution in [0, 0.1) is 0 Å². The quantitative estimate of drug-likeness (QED) is 0.739. The highest BCUT2D eigenvalue weighted by Crippen LogP contribution is 2.19. The molecular formula is C16H18ClN5O2. The van der Waals surface area contributed by atoms with Crippen molar-refractivity contribution in [3.8, 4) is 0 Å². The normalized spacial score (nSPS) is 11.1. The average Bonchev–Trinajstić information content (AvgIpc) is 3.01. The molecule has 0 aliphatic heterocycles. The fourth-order valence-corrected chi connectivity index (χ4v) is 2.93. The van der Waals surface area contributed by atoms with Gasteiger partial charge in [0.1, 0.15) is 11.2 Å². The second kappa shape index (κ2) is 6.52. The summed E-state index contributed by atoms with van der Waals surface area (Å²) in [6.07, 6.45) is 0.680. The molecule has 24 heavy (non-hydrogen) atoms. The van der Waals surface area contributed by atoms with Crippen LogP contribution in [-0.2, 0) is 13.1 Å². The molecule has 0 bridgehead atoms. The first-order valence-electron chi connectivity index (χ1n) is 7.71. The van der Waals surface area contributed by atoms with E-state index in [2.05, 4.69) is 15.5 Å². The Labute approximate surface area is 142 Å². The van der Waals surface area contributed by atoms with Crippen molar-refractivity contribution in [1.82, 2.24) is 19.3 Å². The van der Waals surface area contributed by atoms with Crippen LogP contribution < -0.4 is 16.6 Å². The largest absolute Gasteiger partial charge is 0.373 e. The number of nitrogens with one attached hydrogen (secondary N) is 2. The number of fused-ring (bicyclic) bond motifs is 1. The van der Waals surface area contributed by atoms with Crippen LogP contribution in [0.25, 0.3) is 11.0 Å². The summed E-state index contributed by atoms with van der Waals surface area (Å²) in [4.78, 5) is 25.5. The van der Waals surface area contributed by atoms with Crippen molar-refractivity contribution in [3.63, 3.8) is 0 Å². The summed E-state index contributed by atoms with van der Waals surface area (Å²) in [5, 5.41) is 10.8. The summed E-state index contributed by atoms with van der Waals surface area (Å²) in [7, 11) is 1.69. The van der Waals surface area contributed by atoms with Crippen molar-refractivity contribution in [1.29, 1.82) is 0 Å². The highest BCUT2D eigenvalue weighted by Gasteiger charge is 2.19. The molecule has 0 saturated heterocycles. The van der Waals surface area contributed by atoms with E-state index in [0.29, 0.717) is 34.8 Å². The van der Waals surface area contributed by atoms with E-state index in [1.54, 1.807) is 13.1 Å². The Kier molecular flexibility index (Phi) is 4.44. The Hall–Kier alpha value is -2.54. The van der Waals surface area contributed by atoms with E-state index < -0.39 is 0 Å². The van der Waals surface area contributed by atoms with E-state index in [1.807, 2.05) is 25.1 Å². The van der Waals surface area contributed by atoms with E-state index in [1.165, 1.54) is 9.13 Å². The van der Waals surface area contributed by atoms with Crippen molar-refractivity contribution < 1.29 is 0 Å². The van der Waals surface area contributed by atoms with Gasteiger partial charge in [-0.1, -0.05) is 36.7 Å². The highest BCUT2D eigenvalue weighted by molar-refractivity contribution is 6.31. The predicted molar refractivity (Wildman–Crippen MR) is 95.0 cm³/mol. The first kappa shape index (κ1) is 16.3. The number of hydrogen-bond acceptors (Lipinski definition) is 4. The second-order valence-corrected chi connectivity index (χ2v) is 5.87. The smallest absolute Gasteiger partial charge is 0.333 e. The Morgan fingerprint density at radius 1 is 1.25 bits per heavy atom. The van der Waals surface area contributed by atoms with Crippen LogP contribution in [0.2, 0.25) is 5.02 Å². The summed E-state index contributed by atoms with van der Waals surface area (Å²) >= 11 is 6.22. The van der Waals surface area contributed by atoms with Gasteiger partial charge in [-0.2, -0.15) is 5.10 Å². The molecule has 0 atom stereocenters. The zero-order chi connectivity index (χ0) is 17.3. The minimum atomic E-state index is -0.386. The van der Waals surface area contributed by atoms with Crippen LogP contribution in [0.1, 0.15) is 18.9 Å². The first-order valence-corrected chi connectivity index (χ1v) is 8.09. The summed E-state index contributed by atoms with van der Waals surface area (Å²) < 4.78 is 2.72. The van der Waals surface area contributed by atoms with Crippen molar-refractivity contribution in [2.45, 2.75) is 26.4 Å². The van der Waals surface area contributed by atoms with Crippen LogP contribution in [0.5, 0.6) is 0 Å². The van der Waals surface area contributed by atoms with Crippen molar-refractivity contribution in [2.24, 2.45) is 0 Å². The van der Waals surface area contributed by atoms with Crippen molar-refractivity contribution >= 4 is 28.5 Å². The number of benzene rings is 1. The number of halogens is 1. The van der Waals surface area contributed by atoms with Gasteiger partial charge in [0, 0.05) is 18.6 Å². The van der Waals surface area contributed by atoms with E-state index in [4.69, 9.17) is 11.6 Å². The summed E-state index contributed by atoms with van der Waals surface area (Å²) in [6.45, 7) is 2.51. The molecule has 8 heteroatoms. The summed E-state index contributed by atoms with van der Waals surface area (Å²) in [6, 6.07) is 7.30. The minimum Gasteiger partial charge on any atom is -0.373 e. The number of aromatic amines is 1. The molecule has 0 amide bonds. The molecule has 0 unspecified atom stereocenters. The lowest BCUT2D eigenvalue weighted by Gasteiger charge is -2.12. The zero-order valence-corrected chi connectivity index (χ0v) is 14.2. The third-order valence-corrected chi connectivity index (χ3v) is 4.28. The van der Waals surface area contributed by atoms with E-state index in [0.717, 1.165) is 5.56 Å². The monoisotopic (exact) mass is 347 g/mol. The van der Waals surface area contributed by atoms with Gasteiger partial charge in [-0.3, -0.25) is 19.0 Å². The lowest BCUT2D eigenvalue weighted by Crippen LogP contribution is -2.40. The molecule has 3 aromatic rings. The molecule has 0 spiro atoms. The van der Waals surface area contributed by atoms with Gasteiger partial charge in [0.05, 0.1) is 6.54 Å². The molecule has 126 valence electrons. The van der Waals surface area contributed by atoms with E-state index in [-0.39, 0.29) is 17.8 Å². The van der Waals surface area contributed by atoms with Crippen LogP contribution in [0.3, 0.4) is 0 Å². The van der Waals surface area contributed by atoms with Gasteiger partial charge < -0.3 is 5.32 Å². The molecule has 7 nitrogen and oxygen atoms in total. The van der Waals surface area contributed by atoms with Gasteiger partial charge in [-0.25, -0.2) is 4.79 Å². The Morgan fingerprint density at radius 2 is 2.00 bits per heavy atom. The van der Waals surface area contributed by atoms with E-state index in [9.17, 15) is 9.59 Å².